The van der Waals surface area contributed by atoms with Gasteiger partial charge in [-0.15, -0.1) is 12.4 Å². The summed E-state index contributed by atoms with van der Waals surface area (Å²) >= 11 is 0. The summed E-state index contributed by atoms with van der Waals surface area (Å²) in [5.74, 6) is 0.522. The van der Waals surface area contributed by atoms with E-state index >= 15 is 0 Å². The van der Waals surface area contributed by atoms with Crippen molar-refractivity contribution in [3.8, 4) is 6.07 Å². The van der Waals surface area contributed by atoms with Gasteiger partial charge in [-0.1, -0.05) is 30.3 Å². The molecule has 14 heavy (non-hydrogen) atoms. The molecule has 0 radical (unpaired) electrons. The SMILES string of the molecule is Cl.N#CC1CNCC1c1ccccc1. The van der Waals surface area contributed by atoms with E-state index in [-0.39, 0.29) is 18.3 Å². The van der Waals surface area contributed by atoms with E-state index in [0.29, 0.717) is 5.92 Å². The average Bonchev–Trinajstić information content (AvgIpc) is 2.67. The van der Waals surface area contributed by atoms with E-state index in [0.717, 1.165) is 13.1 Å². The number of rotatable bonds is 1. The van der Waals surface area contributed by atoms with Crippen LogP contribution in [-0.4, -0.2) is 13.1 Å². The first-order chi connectivity index (χ1) is 6.42. The standard InChI is InChI=1S/C11H12N2.ClH/c12-6-10-7-13-8-11(10)9-4-2-1-3-5-9;/h1-5,10-11,13H,7-8H2;1H. The molecule has 2 nitrogen and oxygen atoms in total. The van der Waals surface area contributed by atoms with Gasteiger partial charge in [-0.3, -0.25) is 0 Å². The van der Waals surface area contributed by atoms with Crippen LogP contribution in [0, 0.1) is 17.2 Å². The molecular formula is C11H13ClN2. The van der Waals surface area contributed by atoms with Crippen LogP contribution in [0.5, 0.6) is 0 Å². The van der Waals surface area contributed by atoms with Crippen molar-refractivity contribution in [2.24, 2.45) is 5.92 Å². The number of halogens is 1. The van der Waals surface area contributed by atoms with E-state index in [1.54, 1.807) is 0 Å². The number of nitriles is 1. The van der Waals surface area contributed by atoms with Gasteiger partial charge in [-0.2, -0.15) is 5.26 Å². The molecule has 1 fully saturated rings. The van der Waals surface area contributed by atoms with Crippen molar-refractivity contribution in [3.63, 3.8) is 0 Å². The minimum atomic E-state index is 0. The van der Waals surface area contributed by atoms with E-state index in [9.17, 15) is 0 Å². The molecule has 1 aromatic carbocycles. The van der Waals surface area contributed by atoms with Crippen molar-refractivity contribution in [3.05, 3.63) is 35.9 Å². The Bertz CT molecular complexity index is 318. The Morgan fingerprint density at radius 3 is 2.57 bits per heavy atom. The van der Waals surface area contributed by atoms with Gasteiger partial charge in [0.05, 0.1) is 12.0 Å². The van der Waals surface area contributed by atoms with Gasteiger partial charge in [0.2, 0.25) is 0 Å². The monoisotopic (exact) mass is 208 g/mol. The molecular weight excluding hydrogens is 196 g/mol. The predicted octanol–water partition coefficient (Wildman–Crippen LogP) is 1.93. The summed E-state index contributed by atoms with van der Waals surface area (Å²) < 4.78 is 0. The molecule has 0 aliphatic carbocycles. The first kappa shape index (κ1) is 11.0. The molecule has 1 aliphatic heterocycles. The zero-order valence-electron chi connectivity index (χ0n) is 7.81. The van der Waals surface area contributed by atoms with Crippen LogP contribution in [0.3, 0.4) is 0 Å². The third kappa shape index (κ3) is 2.06. The van der Waals surface area contributed by atoms with Crippen LogP contribution in [0.2, 0.25) is 0 Å². The third-order valence-corrected chi connectivity index (χ3v) is 2.61. The lowest BCUT2D eigenvalue weighted by molar-refractivity contribution is 0.646. The summed E-state index contributed by atoms with van der Waals surface area (Å²) in [4.78, 5) is 0. The first-order valence-electron chi connectivity index (χ1n) is 4.57. The molecule has 0 saturated carbocycles. The van der Waals surface area contributed by atoms with Crippen molar-refractivity contribution in [2.75, 3.05) is 13.1 Å². The minimum Gasteiger partial charge on any atom is -0.315 e. The van der Waals surface area contributed by atoms with Crippen molar-refractivity contribution in [2.45, 2.75) is 5.92 Å². The molecule has 2 atom stereocenters. The molecule has 1 aliphatic rings. The van der Waals surface area contributed by atoms with Crippen LogP contribution >= 0.6 is 12.4 Å². The second-order valence-electron chi connectivity index (χ2n) is 3.41. The van der Waals surface area contributed by atoms with Crippen LogP contribution in [0.4, 0.5) is 0 Å². The Hall–Kier alpha value is -1.04. The van der Waals surface area contributed by atoms with E-state index in [1.165, 1.54) is 5.56 Å². The molecule has 0 spiro atoms. The molecule has 1 aromatic rings. The molecule has 74 valence electrons. The van der Waals surface area contributed by atoms with Crippen molar-refractivity contribution >= 4 is 12.4 Å². The van der Waals surface area contributed by atoms with Crippen molar-refractivity contribution < 1.29 is 0 Å². The fourth-order valence-electron chi connectivity index (χ4n) is 1.86. The molecule has 0 aromatic heterocycles. The van der Waals surface area contributed by atoms with Gasteiger partial charge in [0, 0.05) is 19.0 Å². The smallest absolute Gasteiger partial charge is 0.0676 e. The maximum absolute atomic E-state index is 8.91. The molecule has 2 rings (SSSR count). The summed E-state index contributed by atoms with van der Waals surface area (Å²) in [5, 5.41) is 12.2. The molecule has 1 heterocycles. The number of benzene rings is 1. The maximum atomic E-state index is 8.91. The van der Waals surface area contributed by atoms with Crippen LogP contribution < -0.4 is 5.32 Å². The maximum Gasteiger partial charge on any atom is 0.0676 e. The Balaban J connectivity index is 0.000000980. The van der Waals surface area contributed by atoms with Crippen LogP contribution in [-0.2, 0) is 0 Å². The highest BCUT2D eigenvalue weighted by Crippen LogP contribution is 2.26. The number of nitrogens with one attached hydrogen (secondary N) is 1. The van der Waals surface area contributed by atoms with E-state index in [4.69, 9.17) is 5.26 Å². The van der Waals surface area contributed by atoms with E-state index in [2.05, 4.69) is 23.5 Å². The molecule has 2 unspecified atom stereocenters. The minimum absolute atomic E-state index is 0. The Morgan fingerprint density at radius 1 is 1.21 bits per heavy atom. The summed E-state index contributed by atoms with van der Waals surface area (Å²) in [6.45, 7) is 1.76. The Kier molecular flexibility index (Phi) is 3.94. The molecule has 1 N–H and O–H groups in total. The van der Waals surface area contributed by atoms with Gasteiger partial charge in [-0.25, -0.2) is 0 Å². The summed E-state index contributed by atoms with van der Waals surface area (Å²) in [5.41, 5.74) is 1.28. The lowest BCUT2D eigenvalue weighted by Crippen LogP contribution is -2.07. The summed E-state index contributed by atoms with van der Waals surface area (Å²) in [6, 6.07) is 12.6. The highest BCUT2D eigenvalue weighted by atomic mass is 35.5. The lowest BCUT2D eigenvalue weighted by Gasteiger charge is -2.11. The molecule has 3 heteroatoms. The Morgan fingerprint density at radius 2 is 1.93 bits per heavy atom. The largest absolute Gasteiger partial charge is 0.315 e. The predicted molar refractivity (Wildman–Crippen MR) is 58.4 cm³/mol. The zero-order valence-corrected chi connectivity index (χ0v) is 8.63. The highest BCUT2D eigenvalue weighted by Gasteiger charge is 2.27. The number of hydrogen-bond donors (Lipinski definition) is 1. The van der Waals surface area contributed by atoms with Crippen LogP contribution in [0.25, 0.3) is 0 Å². The molecule has 1 saturated heterocycles. The van der Waals surface area contributed by atoms with Crippen molar-refractivity contribution in [1.82, 2.24) is 5.32 Å². The number of hydrogen-bond acceptors (Lipinski definition) is 2. The molecule has 0 amide bonds. The van der Waals surface area contributed by atoms with Gasteiger partial charge >= 0.3 is 0 Å². The normalized spacial score (nSPS) is 25.1. The quantitative estimate of drug-likeness (QED) is 0.766. The zero-order chi connectivity index (χ0) is 9.10. The topological polar surface area (TPSA) is 35.8 Å². The van der Waals surface area contributed by atoms with Gasteiger partial charge < -0.3 is 5.32 Å². The first-order valence-corrected chi connectivity index (χ1v) is 4.57. The summed E-state index contributed by atoms with van der Waals surface area (Å²) in [7, 11) is 0. The van der Waals surface area contributed by atoms with Gasteiger partial charge in [-0.05, 0) is 5.56 Å². The fraction of sp³-hybridized carbons (Fsp3) is 0.364. The van der Waals surface area contributed by atoms with E-state index in [1.807, 2.05) is 18.2 Å². The fourth-order valence-corrected chi connectivity index (χ4v) is 1.86. The summed E-state index contributed by atoms with van der Waals surface area (Å²) in [6.07, 6.45) is 0. The van der Waals surface area contributed by atoms with Gasteiger partial charge in [0.25, 0.3) is 0 Å². The second kappa shape index (κ2) is 4.99. The van der Waals surface area contributed by atoms with Crippen LogP contribution in [0.15, 0.2) is 30.3 Å². The highest BCUT2D eigenvalue weighted by molar-refractivity contribution is 5.85. The van der Waals surface area contributed by atoms with Crippen LogP contribution in [0.1, 0.15) is 11.5 Å². The lowest BCUT2D eigenvalue weighted by atomic mass is 9.90. The Labute approximate surface area is 90.3 Å². The molecule has 0 bridgehead atoms. The van der Waals surface area contributed by atoms with Crippen molar-refractivity contribution in [1.29, 1.82) is 5.26 Å². The van der Waals surface area contributed by atoms with E-state index < -0.39 is 0 Å². The van der Waals surface area contributed by atoms with Gasteiger partial charge in [0.15, 0.2) is 0 Å². The average molecular weight is 209 g/mol. The second-order valence-corrected chi connectivity index (χ2v) is 3.41. The third-order valence-electron chi connectivity index (χ3n) is 2.61. The van der Waals surface area contributed by atoms with Gasteiger partial charge in [0.1, 0.15) is 0 Å². The number of nitrogens with zero attached hydrogens (tertiary/aromatic N) is 1.